The Bertz CT molecular complexity index is 1000. The number of aliphatic hydroxyl groups is 1. The lowest BCUT2D eigenvalue weighted by Crippen LogP contribution is -2.62. The highest BCUT2D eigenvalue weighted by atomic mass is 35.5. The summed E-state index contributed by atoms with van der Waals surface area (Å²) in [6.45, 7) is -0.185. The highest BCUT2D eigenvalue weighted by Gasteiger charge is 2.49. The van der Waals surface area contributed by atoms with Crippen LogP contribution in [-0.2, 0) is 10.0 Å². The maximum Gasteiger partial charge on any atom is 0.244 e. The molecule has 0 amide bonds. The Labute approximate surface area is 161 Å². The summed E-state index contributed by atoms with van der Waals surface area (Å²) in [6.07, 6.45) is 0. The molecule has 1 fully saturated rings. The Hall–Kier alpha value is -2.18. The Morgan fingerprint density at radius 1 is 1.30 bits per heavy atom. The Balaban J connectivity index is 1.68. The zero-order valence-corrected chi connectivity index (χ0v) is 15.7. The van der Waals surface area contributed by atoms with E-state index in [0.29, 0.717) is 0 Å². The van der Waals surface area contributed by atoms with Crippen LogP contribution in [0.4, 0.5) is 4.39 Å². The number of halogens is 2. The van der Waals surface area contributed by atoms with E-state index >= 15 is 0 Å². The van der Waals surface area contributed by atoms with Gasteiger partial charge in [0.15, 0.2) is 0 Å². The van der Waals surface area contributed by atoms with E-state index in [1.165, 1.54) is 28.6 Å². The molecule has 142 valence electrons. The van der Waals surface area contributed by atoms with E-state index in [2.05, 4.69) is 0 Å². The van der Waals surface area contributed by atoms with Crippen molar-refractivity contribution in [2.75, 3.05) is 26.3 Å². The van der Waals surface area contributed by atoms with Gasteiger partial charge in [0.2, 0.25) is 10.0 Å². The first-order valence-corrected chi connectivity index (χ1v) is 9.81. The van der Waals surface area contributed by atoms with Gasteiger partial charge in [-0.25, -0.2) is 12.8 Å². The average molecular weight is 411 g/mol. The Morgan fingerprint density at radius 2 is 2.00 bits per heavy atom. The second kappa shape index (κ2) is 7.44. The quantitative estimate of drug-likeness (QED) is 0.789. The average Bonchev–Trinajstić information content (AvgIpc) is 2.61. The molecule has 0 radical (unpaired) electrons. The number of benzene rings is 2. The van der Waals surface area contributed by atoms with Crippen LogP contribution in [0.25, 0.3) is 0 Å². The predicted octanol–water partition coefficient (Wildman–Crippen LogP) is 2.41. The zero-order valence-electron chi connectivity index (χ0n) is 14.1. The summed E-state index contributed by atoms with van der Waals surface area (Å²) >= 11 is 5.98. The topological polar surface area (TPSA) is 90.6 Å². The van der Waals surface area contributed by atoms with Crippen LogP contribution < -0.4 is 4.74 Å². The molecular weight excluding hydrogens is 395 g/mol. The molecular formula is C18H16ClFN2O4S. The van der Waals surface area contributed by atoms with Gasteiger partial charge in [-0.15, -0.1) is 0 Å². The Morgan fingerprint density at radius 3 is 2.59 bits per heavy atom. The molecule has 9 heteroatoms. The minimum Gasteiger partial charge on any atom is -0.493 e. The van der Waals surface area contributed by atoms with Crippen molar-refractivity contribution in [3.05, 3.63) is 58.9 Å². The molecule has 3 rings (SSSR count). The van der Waals surface area contributed by atoms with Crippen molar-refractivity contribution in [3.8, 4) is 11.8 Å². The number of sulfonamides is 1. The third-order valence-corrected chi connectivity index (χ3v) is 6.71. The van der Waals surface area contributed by atoms with Crippen LogP contribution in [0.2, 0.25) is 5.02 Å². The lowest BCUT2D eigenvalue weighted by atomic mass is 9.83. The number of hydrogen-bond donors (Lipinski definition) is 1. The van der Waals surface area contributed by atoms with Crippen molar-refractivity contribution in [3.63, 3.8) is 0 Å². The van der Waals surface area contributed by atoms with Gasteiger partial charge in [-0.3, -0.25) is 0 Å². The normalized spacial score (nSPS) is 16.4. The highest BCUT2D eigenvalue weighted by molar-refractivity contribution is 7.89. The van der Waals surface area contributed by atoms with Crippen LogP contribution in [0.5, 0.6) is 5.75 Å². The van der Waals surface area contributed by atoms with Crippen LogP contribution in [0.15, 0.2) is 47.4 Å². The van der Waals surface area contributed by atoms with Crippen molar-refractivity contribution in [2.24, 2.45) is 5.41 Å². The molecule has 0 bridgehead atoms. The molecule has 2 aromatic rings. The molecule has 2 aromatic carbocycles. The summed E-state index contributed by atoms with van der Waals surface area (Å²) in [5.41, 5.74) is -0.890. The second-order valence-electron chi connectivity index (χ2n) is 6.40. The first-order valence-electron chi connectivity index (χ1n) is 7.99. The molecule has 0 spiro atoms. The molecule has 0 atom stereocenters. The van der Waals surface area contributed by atoms with E-state index in [0.717, 1.165) is 6.07 Å². The summed E-state index contributed by atoms with van der Waals surface area (Å²) in [7, 11) is -3.77. The number of nitrogens with zero attached hydrogens (tertiary/aromatic N) is 2. The molecule has 0 unspecified atom stereocenters. The monoisotopic (exact) mass is 410 g/mol. The van der Waals surface area contributed by atoms with Gasteiger partial charge in [-0.2, -0.15) is 9.57 Å². The molecule has 1 N–H and O–H groups in total. The third kappa shape index (κ3) is 3.77. The summed E-state index contributed by atoms with van der Waals surface area (Å²) in [4.78, 5) is 0.00767. The first-order chi connectivity index (χ1) is 12.8. The summed E-state index contributed by atoms with van der Waals surface area (Å²) in [5.74, 6) is -0.503. The summed E-state index contributed by atoms with van der Waals surface area (Å²) in [6, 6.07) is 11.7. The molecule has 0 aromatic heterocycles. The lowest BCUT2D eigenvalue weighted by molar-refractivity contribution is -0.0273. The van der Waals surface area contributed by atoms with Crippen LogP contribution in [0, 0.1) is 22.6 Å². The molecule has 27 heavy (non-hydrogen) atoms. The Kier molecular flexibility index (Phi) is 5.40. The van der Waals surface area contributed by atoms with E-state index in [9.17, 15) is 17.9 Å². The summed E-state index contributed by atoms with van der Waals surface area (Å²) in [5, 5.41) is 18.6. The number of aliphatic hydroxyl groups excluding tert-OH is 1. The van der Waals surface area contributed by atoms with Crippen LogP contribution >= 0.6 is 11.6 Å². The minimum atomic E-state index is -3.77. The predicted molar refractivity (Wildman–Crippen MR) is 96.3 cm³/mol. The largest absolute Gasteiger partial charge is 0.493 e. The summed E-state index contributed by atoms with van der Waals surface area (Å²) < 4.78 is 45.7. The molecule has 1 heterocycles. The SMILES string of the molecule is N#Cc1ccc(OCC2(CO)CN(S(=O)(=O)c3ccccc3Cl)C2)cc1F. The van der Waals surface area contributed by atoms with Crippen molar-refractivity contribution >= 4 is 21.6 Å². The number of rotatable bonds is 6. The fourth-order valence-electron chi connectivity index (χ4n) is 2.81. The molecule has 1 saturated heterocycles. The van der Waals surface area contributed by atoms with Gasteiger partial charge in [0.1, 0.15) is 22.5 Å². The second-order valence-corrected chi connectivity index (χ2v) is 8.72. The van der Waals surface area contributed by atoms with E-state index in [1.807, 2.05) is 0 Å². The van der Waals surface area contributed by atoms with Crippen LogP contribution in [-0.4, -0.2) is 44.1 Å². The highest BCUT2D eigenvalue weighted by Crippen LogP contribution is 2.37. The smallest absolute Gasteiger partial charge is 0.244 e. The van der Waals surface area contributed by atoms with Gasteiger partial charge in [0.25, 0.3) is 0 Å². The van der Waals surface area contributed by atoms with E-state index in [1.54, 1.807) is 18.2 Å². The number of ether oxygens (including phenoxy) is 1. The maximum absolute atomic E-state index is 13.6. The van der Waals surface area contributed by atoms with Gasteiger partial charge in [-0.05, 0) is 24.3 Å². The number of hydrogen-bond acceptors (Lipinski definition) is 5. The van der Waals surface area contributed by atoms with E-state index < -0.39 is 21.3 Å². The van der Waals surface area contributed by atoms with Crippen molar-refractivity contribution in [1.82, 2.24) is 4.31 Å². The van der Waals surface area contributed by atoms with Crippen LogP contribution in [0.3, 0.4) is 0 Å². The van der Waals surface area contributed by atoms with Gasteiger partial charge in [0, 0.05) is 19.2 Å². The van der Waals surface area contributed by atoms with Crippen molar-refractivity contribution in [2.45, 2.75) is 4.90 Å². The maximum atomic E-state index is 13.6. The molecule has 1 aliphatic rings. The van der Waals surface area contributed by atoms with Gasteiger partial charge in [-0.1, -0.05) is 23.7 Å². The van der Waals surface area contributed by atoms with Crippen LogP contribution in [0.1, 0.15) is 5.56 Å². The van der Waals surface area contributed by atoms with E-state index in [-0.39, 0.29) is 47.5 Å². The van der Waals surface area contributed by atoms with Crippen molar-refractivity contribution in [1.29, 1.82) is 5.26 Å². The molecule has 0 saturated carbocycles. The zero-order chi connectivity index (χ0) is 19.7. The molecule has 6 nitrogen and oxygen atoms in total. The lowest BCUT2D eigenvalue weighted by Gasteiger charge is -2.47. The molecule has 0 aliphatic carbocycles. The minimum absolute atomic E-state index is 0.00336. The van der Waals surface area contributed by atoms with Gasteiger partial charge in [0.05, 0.1) is 29.2 Å². The third-order valence-electron chi connectivity index (χ3n) is 4.42. The van der Waals surface area contributed by atoms with Crippen molar-refractivity contribution < 1.29 is 22.7 Å². The molecule has 1 aliphatic heterocycles. The van der Waals surface area contributed by atoms with Gasteiger partial charge < -0.3 is 9.84 Å². The fraction of sp³-hybridized carbons (Fsp3) is 0.278. The van der Waals surface area contributed by atoms with Gasteiger partial charge >= 0.3 is 0 Å². The number of nitriles is 1. The van der Waals surface area contributed by atoms with E-state index in [4.69, 9.17) is 21.6 Å². The standard InChI is InChI=1S/C18H16ClFN2O4S/c19-15-3-1-2-4-17(15)27(24,25)22-9-18(10-22,11-23)12-26-14-6-5-13(8-21)16(20)7-14/h1-7,23H,9-12H2. The fourth-order valence-corrected chi connectivity index (χ4v) is 4.97. The first kappa shape index (κ1) is 19.6.